The molecule has 1 fully saturated rings. The van der Waals surface area contributed by atoms with Gasteiger partial charge in [-0.25, -0.2) is 0 Å². The zero-order valence-corrected chi connectivity index (χ0v) is 13.5. The van der Waals surface area contributed by atoms with E-state index in [-0.39, 0.29) is 5.91 Å². The second-order valence-electron chi connectivity index (χ2n) is 5.81. The summed E-state index contributed by atoms with van der Waals surface area (Å²) in [5, 5.41) is 3.22. The molecule has 1 amide bonds. The van der Waals surface area contributed by atoms with E-state index >= 15 is 0 Å². The number of amides is 1. The normalized spacial score (nSPS) is 27.1. The lowest BCUT2D eigenvalue weighted by Crippen LogP contribution is -2.43. The summed E-state index contributed by atoms with van der Waals surface area (Å²) in [6, 6.07) is 6.17. The summed E-state index contributed by atoms with van der Waals surface area (Å²) in [7, 11) is 0. The average Bonchev–Trinajstić information content (AvgIpc) is 2.38. The van der Waals surface area contributed by atoms with Crippen molar-refractivity contribution in [2.45, 2.75) is 46.1 Å². The molecule has 3 heteroatoms. The van der Waals surface area contributed by atoms with Gasteiger partial charge >= 0.3 is 0 Å². The lowest BCUT2D eigenvalue weighted by atomic mass is 9.78. The van der Waals surface area contributed by atoms with E-state index in [0.717, 1.165) is 22.0 Å². The van der Waals surface area contributed by atoms with Crippen LogP contribution in [0, 0.1) is 18.8 Å². The van der Waals surface area contributed by atoms with Crippen LogP contribution in [0.1, 0.15) is 49.0 Å². The van der Waals surface area contributed by atoms with Gasteiger partial charge in [0.2, 0.25) is 0 Å². The van der Waals surface area contributed by atoms with Crippen LogP contribution in [-0.4, -0.2) is 11.9 Å². The van der Waals surface area contributed by atoms with Gasteiger partial charge < -0.3 is 5.32 Å². The first-order valence-electron chi connectivity index (χ1n) is 7.06. The zero-order valence-electron chi connectivity index (χ0n) is 11.9. The van der Waals surface area contributed by atoms with E-state index in [4.69, 9.17) is 0 Å². The molecule has 0 aliphatic heterocycles. The third-order valence-electron chi connectivity index (χ3n) is 4.47. The van der Waals surface area contributed by atoms with Gasteiger partial charge in [0.1, 0.15) is 0 Å². The molecule has 1 aliphatic rings. The number of benzene rings is 1. The van der Waals surface area contributed by atoms with Gasteiger partial charge in [-0.05, 0) is 42.9 Å². The minimum atomic E-state index is 0.0600. The fraction of sp³-hybridized carbons (Fsp3) is 0.562. The fourth-order valence-corrected chi connectivity index (χ4v) is 3.23. The van der Waals surface area contributed by atoms with E-state index in [9.17, 15) is 4.79 Å². The Morgan fingerprint density at radius 1 is 1.32 bits per heavy atom. The molecule has 3 atom stereocenters. The molecule has 19 heavy (non-hydrogen) atoms. The molecular formula is C16H22BrNO. The Bertz CT molecular complexity index is 472. The molecule has 3 unspecified atom stereocenters. The highest BCUT2D eigenvalue weighted by Gasteiger charge is 2.28. The first-order valence-corrected chi connectivity index (χ1v) is 7.85. The highest BCUT2D eigenvalue weighted by molar-refractivity contribution is 9.10. The van der Waals surface area contributed by atoms with E-state index in [2.05, 4.69) is 35.1 Å². The molecule has 0 bridgehead atoms. The van der Waals surface area contributed by atoms with E-state index < -0.39 is 0 Å². The molecule has 104 valence electrons. The molecule has 0 aromatic heterocycles. The van der Waals surface area contributed by atoms with E-state index in [1.54, 1.807) is 0 Å². The molecule has 2 nitrogen and oxygen atoms in total. The Morgan fingerprint density at radius 3 is 2.79 bits per heavy atom. The highest BCUT2D eigenvalue weighted by Crippen LogP contribution is 2.29. The maximum atomic E-state index is 12.4. The highest BCUT2D eigenvalue weighted by atomic mass is 79.9. The van der Waals surface area contributed by atoms with Crippen molar-refractivity contribution in [3.63, 3.8) is 0 Å². The van der Waals surface area contributed by atoms with Gasteiger partial charge in [0.05, 0.1) is 0 Å². The van der Waals surface area contributed by atoms with Gasteiger partial charge in [-0.2, -0.15) is 0 Å². The number of nitrogens with one attached hydrogen (secondary N) is 1. The molecule has 0 radical (unpaired) electrons. The molecule has 0 heterocycles. The third-order valence-corrected chi connectivity index (χ3v) is 4.96. The number of halogens is 1. The first-order chi connectivity index (χ1) is 8.99. The average molecular weight is 324 g/mol. The maximum Gasteiger partial charge on any atom is 0.251 e. The van der Waals surface area contributed by atoms with Crippen LogP contribution < -0.4 is 5.32 Å². The SMILES string of the molecule is Cc1ccc(Br)cc1C(=O)NC1CCCC(C)C1C. The molecule has 1 saturated carbocycles. The van der Waals surface area contributed by atoms with Crippen molar-refractivity contribution in [2.24, 2.45) is 11.8 Å². The van der Waals surface area contributed by atoms with E-state index in [0.29, 0.717) is 17.9 Å². The third kappa shape index (κ3) is 3.38. The minimum absolute atomic E-state index is 0.0600. The van der Waals surface area contributed by atoms with Crippen molar-refractivity contribution < 1.29 is 4.79 Å². The summed E-state index contributed by atoms with van der Waals surface area (Å²) in [5.74, 6) is 1.32. The quantitative estimate of drug-likeness (QED) is 0.863. The van der Waals surface area contributed by atoms with E-state index in [1.807, 2.05) is 25.1 Å². The molecule has 0 spiro atoms. The summed E-state index contributed by atoms with van der Waals surface area (Å²) >= 11 is 3.43. The molecule has 1 aromatic rings. The summed E-state index contributed by atoms with van der Waals surface area (Å²) in [4.78, 5) is 12.4. The summed E-state index contributed by atoms with van der Waals surface area (Å²) in [5.41, 5.74) is 1.80. The standard InChI is InChI=1S/C16H22BrNO/c1-10-5-4-6-15(12(10)3)18-16(19)14-9-13(17)8-7-11(14)2/h7-10,12,15H,4-6H2,1-3H3,(H,18,19). The van der Waals surface area contributed by atoms with Crippen LogP contribution in [0.2, 0.25) is 0 Å². The zero-order chi connectivity index (χ0) is 14.0. The van der Waals surface area contributed by atoms with Crippen molar-refractivity contribution in [1.29, 1.82) is 0 Å². The summed E-state index contributed by atoms with van der Waals surface area (Å²) < 4.78 is 0.952. The fourth-order valence-electron chi connectivity index (χ4n) is 2.87. The van der Waals surface area contributed by atoms with Gasteiger partial charge in [0.15, 0.2) is 0 Å². The van der Waals surface area contributed by atoms with Crippen LogP contribution in [0.4, 0.5) is 0 Å². The van der Waals surface area contributed by atoms with Crippen LogP contribution in [0.15, 0.2) is 22.7 Å². The topological polar surface area (TPSA) is 29.1 Å². The van der Waals surface area contributed by atoms with Crippen LogP contribution in [0.5, 0.6) is 0 Å². The number of hydrogen-bond donors (Lipinski definition) is 1. The molecule has 1 aromatic carbocycles. The Balaban J connectivity index is 2.10. The predicted octanol–water partition coefficient (Wildman–Crippen LogP) is 4.31. The van der Waals surface area contributed by atoms with Crippen molar-refractivity contribution in [3.8, 4) is 0 Å². The van der Waals surface area contributed by atoms with Gasteiger partial charge in [0, 0.05) is 16.1 Å². The molecule has 2 rings (SSSR count). The largest absolute Gasteiger partial charge is 0.349 e. The second kappa shape index (κ2) is 6.08. The van der Waals surface area contributed by atoms with Crippen LogP contribution in [-0.2, 0) is 0 Å². The van der Waals surface area contributed by atoms with Gasteiger partial charge in [-0.3, -0.25) is 4.79 Å². The first kappa shape index (κ1) is 14.6. The monoisotopic (exact) mass is 323 g/mol. The van der Waals surface area contributed by atoms with Gasteiger partial charge in [-0.1, -0.05) is 48.7 Å². The maximum absolute atomic E-state index is 12.4. The smallest absolute Gasteiger partial charge is 0.251 e. The molecule has 1 N–H and O–H groups in total. The van der Waals surface area contributed by atoms with Crippen LogP contribution >= 0.6 is 15.9 Å². The molecule has 0 saturated heterocycles. The minimum Gasteiger partial charge on any atom is -0.349 e. The molecule has 1 aliphatic carbocycles. The number of rotatable bonds is 2. The Morgan fingerprint density at radius 2 is 2.05 bits per heavy atom. The summed E-state index contributed by atoms with van der Waals surface area (Å²) in [6.07, 6.45) is 3.60. The van der Waals surface area contributed by atoms with Crippen molar-refractivity contribution in [3.05, 3.63) is 33.8 Å². The Hall–Kier alpha value is -0.830. The Kier molecular flexibility index (Phi) is 4.67. The lowest BCUT2D eigenvalue weighted by Gasteiger charge is -2.34. The van der Waals surface area contributed by atoms with Gasteiger partial charge in [-0.15, -0.1) is 0 Å². The number of carbonyl (C=O) groups is 1. The summed E-state index contributed by atoms with van der Waals surface area (Å²) in [6.45, 7) is 6.52. The Labute approximate surface area is 124 Å². The van der Waals surface area contributed by atoms with E-state index in [1.165, 1.54) is 12.8 Å². The van der Waals surface area contributed by atoms with Crippen LogP contribution in [0.3, 0.4) is 0 Å². The van der Waals surface area contributed by atoms with Gasteiger partial charge in [0.25, 0.3) is 5.91 Å². The lowest BCUT2D eigenvalue weighted by molar-refractivity contribution is 0.0890. The number of carbonyl (C=O) groups excluding carboxylic acids is 1. The van der Waals surface area contributed by atoms with Crippen molar-refractivity contribution in [1.82, 2.24) is 5.32 Å². The number of hydrogen-bond acceptors (Lipinski definition) is 1. The predicted molar refractivity (Wildman–Crippen MR) is 82.3 cm³/mol. The molecular weight excluding hydrogens is 302 g/mol. The van der Waals surface area contributed by atoms with Crippen LogP contribution in [0.25, 0.3) is 0 Å². The van der Waals surface area contributed by atoms with Crippen molar-refractivity contribution in [2.75, 3.05) is 0 Å². The number of aryl methyl sites for hydroxylation is 1. The second-order valence-corrected chi connectivity index (χ2v) is 6.72. The van der Waals surface area contributed by atoms with Crippen molar-refractivity contribution >= 4 is 21.8 Å².